The van der Waals surface area contributed by atoms with Gasteiger partial charge < -0.3 is 9.72 Å². The summed E-state index contributed by atoms with van der Waals surface area (Å²) in [6.07, 6.45) is 0.126. The van der Waals surface area contributed by atoms with Crippen LogP contribution in [0.5, 0.6) is 0 Å². The van der Waals surface area contributed by atoms with Crippen LogP contribution in [0, 0.1) is 0 Å². The Kier molecular flexibility index (Phi) is 5.63. The number of hydrogen-bond acceptors (Lipinski definition) is 4. The molecular formula is C28H21NO3S. The Morgan fingerprint density at radius 1 is 0.848 bits per heavy atom. The van der Waals surface area contributed by atoms with Crippen molar-refractivity contribution in [1.29, 1.82) is 0 Å². The second-order valence-electron chi connectivity index (χ2n) is 7.76. The van der Waals surface area contributed by atoms with Gasteiger partial charge in [0.15, 0.2) is 0 Å². The lowest BCUT2D eigenvalue weighted by Gasteiger charge is -2.02. The Bertz CT molecular complexity index is 1450. The summed E-state index contributed by atoms with van der Waals surface area (Å²) in [5.41, 5.74) is 5.41. The van der Waals surface area contributed by atoms with Crippen LogP contribution < -0.4 is 0 Å². The molecular weight excluding hydrogens is 430 g/mol. The van der Waals surface area contributed by atoms with E-state index >= 15 is 0 Å². The quantitative estimate of drug-likeness (QED) is 0.236. The van der Waals surface area contributed by atoms with Gasteiger partial charge in [0.2, 0.25) is 5.78 Å². The molecule has 1 N–H and O–H groups in total. The number of rotatable bonds is 6. The summed E-state index contributed by atoms with van der Waals surface area (Å²) in [6.45, 7) is 0. The standard InChI is InChI=1S/C28H21NO3S/c1-32-26(30)17-22-16-25(33-28(22)19-10-6-3-7-11-19)27(31)21-13-12-20-14-23(29-24(20)15-21)18-8-4-2-5-9-18/h2-16,29H,17H2,1H3. The number of benzene rings is 3. The summed E-state index contributed by atoms with van der Waals surface area (Å²) < 4.78 is 4.86. The highest BCUT2D eigenvalue weighted by Gasteiger charge is 2.20. The number of hydrogen-bond donors (Lipinski definition) is 1. The van der Waals surface area contributed by atoms with E-state index in [0.717, 1.165) is 38.2 Å². The van der Waals surface area contributed by atoms with Gasteiger partial charge in [-0.2, -0.15) is 0 Å². The Morgan fingerprint density at radius 2 is 1.55 bits per heavy atom. The van der Waals surface area contributed by atoms with Gasteiger partial charge in [-0.15, -0.1) is 11.3 Å². The van der Waals surface area contributed by atoms with E-state index in [4.69, 9.17) is 4.74 Å². The lowest BCUT2D eigenvalue weighted by Crippen LogP contribution is -2.04. The van der Waals surface area contributed by atoms with Crippen molar-refractivity contribution in [2.75, 3.05) is 7.11 Å². The zero-order valence-electron chi connectivity index (χ0n) is 18.0. The number of aromatic amines is 1. The third kappa shape index (κ3) is 4.23. The summed E-state index contributed by atoms with van der Waals surface area (Å²) in [7, 11) is 1.37. The number of esters is 1. The molecule has 5 aromatic rings. The Morgan fingerprint density at radius 3 is 2.24 bits per heavy atom. The highest BCUT2D eigenvalue weighted by atomic mass is 32.1. The van der Waals surface area contributed by atoms with Gasteiger partial charge in [0.1, 0.15) is 0 Å². The Balaban J connectivity index is 1.51. The molecule has 0 aliphatic carbocycles. The van der Waals surface area contributed by atoms with E-state index in [1.807, 2.05) is 72.8 Å². The normalized spacial score (nSPS) is 10.9. The zero-order valence-corrected chi connectivity index (χ0v) is 18.8. The fraction of sp³-hybridized carbons (Fsp3) is 0.0714. The number of H-pyrrole nitrogens is 1. The summed E-state index contributed by atoms with van der Waals surface area (Å²) in [5, 5.41) is 1.05. The first-order valence-electron chi connectivity index (χ1n) is 10.6. The molecule has 0 atom stereocenters. The average Bonchev–Trinajstić information content (AvgIpc) is 3.48. The van der Waals surface area contributed by atoms with Crippen molar-refractivity contribution < 1.29 is 14.3 Å². The number of methoxy groups -OCH3 is 1. The molecule has 33 heavy (non-hydrogen) atoms. The van der Waals surface area contributed by atoms with E-state index in [0.29, 0.717) is 10.4 Å². The monoisotopic (exact) mass is 451 g/mol. The van der Waals surface area contributed by atoms with Crippen LogP contribution in [0.15, 0.2) is 91.0 Å². The predicted molar refractivity (Wildman–Crippen MR) is 133 cm³/mol. The molecule has 0 aliphatic heterocycles. The highest BCUT2D eigenvalue weighted by molar-refractivity contribution is 7.17. The van der Waals surface area contributed by atoms with E-state index in [1.54, 1.807) is 0 Å². The molecule has 0 fully saturated rings. The van der Waals surface area contributed by atoms with Gasteiger partial charge in [-0.3, -0.25) is 9.59 Å². The molecule has 0 amide bonds. The fourth-order valence-electron chi connectivity index (χ4n) is 3.92. The van der Waals surface area contributed by atoms with E-state index < -0.39 is 0 Å². The maximum atomic E-state index is 13.4. The van der Waals surface area contributed by atoms with Gasteiger partial charge in [0.25, 0.3) is 0 Å². The van der Waals surface area contributed by atoms with Crippen molar-refractivity contribution in [2.24, 2.45) is 0 Å². The molecule has 0 bridgehead atoms. The number of ketones is 1. The average molecular weight is 452 g/mol. The zero-order chi connectivity index (χ0) is 22.8. The number of nitrogens with one attached hydrogen (secondary N) is 1. The first kappa shape index (κ1) is 20.9. The van der Waals surface area contributed by atoms with Crippen molar-refractivity contribution >= 4 is 34.0 Å². The highest BCUT2D eigenvalue weighted by Crippen LogP contribution is 2.35. The maximum Gasteiger partial charge on any atom is 0.310 e. The molecule has 0 aliphatic rings. The smallest absolute Gasteiger partial charge is 0.310 e. The summed E-state index contributed by atoms with van der Waals surface area (Å²) in [4.78, 5) is 30.3. The molecule has 0 saturated carbocycles. The second kappa shape index (κ2) is 8.88. The van der Waals surface area contributed by atoms with Crippen molar-refractivity contribution in [2.45, 2.75) is 6.42 Å². The van der Waals surface area contributed by atoms with Crippen molar-refractivity contribution in [1.82, 2.24) is 4.98 Å². The van der Waals surface area contributed by atoms with Gasteiger partial charge in [0, 0.05) is 27.0 Å². The van der Waals surface area contributed by atoms with E-state index in [9.17, 15) is 9.59 Å². The van der Waals surface area contributed by atoms with Gasteiger partial charge >= 0.3 is 5.97 Å². The van der Waals surface area contributed by atoms with Crippen LogP contribution in [-0.4, -0.2) is 23.8 Å². The molecule has 0 spiro atoms. The number of ether oxygens (including phenoxy) is 1. The molecule has 4 nitrogen and oxygen atoms in total. The number of aromatic nitrogens is 1. The second-order valence-corrected chi connectivity index (χ2v) is 8.82. The first-order valence-corrected chi connectivity index (χ1v) is 11.4. The van der Waals surface area contributed by atoms with Crippen LogP contribution in [0.25, 0.3) is 32.6 Å². The minimum Gasteiger partial charge on any atom is -0.469 e. The van der Waals surface area contributed by atoms with E-state index in [2.05, 4.69) is 23.2 Å². The molecule has 2 heterocycles. The van der Waals surface area contributed by atoms with Crippen LogP contribution in [0.1, 0.15) is 20.8 Å². The molecule has 5 rings (SSSR count). The fourth-order valence-corrected chi connectivity index (χ4v) is 5.07. The summed E-state index contributed by atoms with van der Waals surface area (Å²) in [6, 6.07) is 29.5. The van der Waals surface area contributed by atoms with Gasteiger partial charge in [-0.25, -0.2) is 0 Å². The van der Waals surface area contributed by atoms with Crippen molar-refractivity contribution in [3.8, 4) is 21.7 Å². The van der Waals surface area contributed by atoms with Gasteiger partial charge in [0.05, 0.1) is 18.4 Å². The third-order valence-corrected chi connectivity index (χ3v) is 6.83. The van der Waals surface area contributed by atoms with Crippen molar-refractivity contribution in [3.63, 3.8) is 0 Å². The number of fused-ring (bicyclic) bond motifs is 1. The molecule has 2 aromatic heterocycles. The largest absolute Gasteiger partial charge is 0.469 e. The Labute approximate surface area is 195 Å². The van der Waals surface area contributed by atoms with Crippen LogP contribution in [0.4, 0.5) is 0 Å². The van der Waals surface area contributed by atoms with Crippen LogP contribution >= 0.6 is 11.3 Å². The molecule has 0 unspecified atom stereocenters. The van der Waals surface area contributed by atoms with Crippen LogP contribution in [0.2, 0.25) is 0 Å². The summed E-state index contributed by atoms with van der Waals surface area (Å²) >= 11 is 1.41. The molecule has 3 aromatic carbocycles. The minimum absolute atomic E-state index is 0.0638. The molecule has 0 saturated heterocycles. The number of carbonyl (C=O) groups is 2. The van der Waals surface area contributed by atoms with Crippen LogP contribution in [0.3, 0.4) is 0 Å². The van der Waals surface area contributed by atoms with Crippen molar-refractivity contribution in [3.05, 3.63) is 107 Å². The van der Waals surface area contributed by atoms with Gasteiger partial charge in [-0.1, -0.05) is 72.8 Å². The number of carbonyl (C=O) groups excluding carboxylic acids is 2. The minimum atomic E-state index is -0.328. The Hall–Kier alpha value is -3.96. The maximum absolute atomic E-state index is 13.4. The predicted octanol–water partition coefficient (Wildman–Crippen LogP) is 6.51. The molecule has 162 valence electrons. The lowest BCUT2D eigenvalue weighted by atomic mass is 10.0. The first-order chi connectivity index (χ1) is 16.1. The summed E-state index contributed by atoms with van der Waals surface area (Å²) in [5.74, 6) is -0.392. The van der Waals surface area contributed by atoms with Gasteiger partial charge in [-0.05, 0) is 34.9 Å². The van der Waals surface area contributed by atoms with E-state index in [-0.39, 0.29) is 18.2 Å². The van der Waals surface area contributed by atoms with Crippen LogP contribution in [-0.2, 0) is 16.0 Å². The topological polar surface area (TPSA) is 59.2 Å². The third-order valence-electron chi connectivity index (χ3n) is 5.60. The molecule has 5 heteroatoms. The lowest BCUT2D eigenvalue weighted by molar-refractivity contribution is -0.139. The molecule has 0 radical (unpaired) electrons. The van der Waals surface area contributed by atoms with E-state index in [1.165, 1.54) is 18.4 Å². The number of thiophene rings is 1. The SMILES string of the molecule is COC(=O)Cc1cc(C(=O)c2ccc3cc(-c4ccccc4)[nH]c3c2)sc1-c1ccccc1.